The molecule has 1 heterocycles. The number of rotatable bonds is 15. The van der Waals surface area contributed by atoms with Gasteiger partial charge in [0.2, 0.25) is 0 Å². The molecule has 1 aliphatic rings. The third kappa shape index (κ3) is 9.00. The number of urea groups is 1. The van der Waals surface area contributed by atoms with Gasteiger partial charge in [-0.05, 0) is 50.6 Å². The Balaban J connectivity index is 1.71. The summed E-state index contributed by atoms with van der Waals surface area (Å²) in [6.45, 7) is 5.07. The van der Waals surface area contributed by atoms with Gasteiger partial charge in [0, 0.05) is 15.7 Å². The van der Waals surface area contributed by atoms with Gasteiger partial charge in [0.1, 0.15) is 6.61 Å². The first-order chi connectivity index (χ1) is 21.1. The maximum Gasteiger partial charge on any atom is 0.344 e. The Morgan fingerprint density at radius 1 is 1.09 bits per heavy atom. The Morgan fingerprint density at radius 3 is 2.55 bits per heavy atom. The quantitative estimate of drug-likeness (QED) is 0.0943. The molecule has 0 saturated carbocycles. The largest absolute Gasteiger partial charge is 0.493 e. The SMILES string of the molecule is CCOC(=O)COc1c(/C=N/N[C@H](O)COc2ccc([C@H]3NC(=O)NC(C)=C3C(=O)OC)cc2OCC)cc(Br)cc1OC. The van der Waals surface area contributed by atoms with Crippen molar-refractivity contribution in [1.82, 2.24) is 16.1 Å². The lowest BCUT2D eigenvalue weighted by Gasteiger charge is -2.28. The van der Waals surface area contributed by atoms with E-state index in [9.17, 15) is 19.5 Å². The number of hydrogen-bond acceptors (Lipinski definition) is 12. The lowest BCUT2D eigenvalue weighted by Crippen LogP contribution is -2.45. The van der Waals surface area contributed by atoms with Gasteiger partial charge in [0.05, 0.1) is 45.3 Å². The van der Waals surface area contributed by atoms with Crippen LogP contribution in [0.15, 0.2) is 51.2 Å². The minimum absolute atomic E-state index is 0.220. The molecule has 3 rings (SSSR count). The molecule has 2 amide bonds. The van der Waals surface area contributed by atoms with Gasteiger partial charge in [0.25, 0.3) is 0 Å². The van der Waals surface area contributed by atoms with Crippen LogP contribution < -0.4 is 35.0 Å². The number of nitrogens with zero attached hydrogens (tertiary/aromatic N) is 1. The van der Waals surface area contributed by atoms with Gasteiger partial charge in [-0.2, -0.15) is 5.10 Å². The van der Waals surface area contributed by atoms with Crippen LogP contribution in [-0.2, 0) is 19.1 Å². The summed E-state index contributed by atoms with van der Waals surface area (Å²) in [6, 6.07) is 7.03. The Kier molecular flexibility index (Phi) is 12.7. The van der Waals surface area contributed by atoms with E-state index in [1.807, 2.05) is 0 Å². The second-order valence-electron chi connectivity index (χ2n) is 9.04. The Morgan fingerprint density at radius 2 is 1.86 bits per heavy atom. The van der Waals surface area contributed by atoms with E-state index in [2.05, 4.69) is 37.1 Å². The molecule has 0 radical (unpaired) electrons. The first-order valence-electron chi connectivity index (χ1n) is 13.5. The number of hydrogen-bond donors (Lipinski definition) is 4. The number of halogens is 1. The van der Waals surface area contributed by atoms with E-state index < -0.39 is 30.2 Å². The average Bonchev–Trinajstić information content (AvgIpc) is 2.99. The number of carbonyl (C=O) groups excluding carboxylic acids is 3. The molecule has 15 heteroatoms. The van der Waals surface area contributed by atoms with Crippen LogP contribution in [0, 0.1) is 0 Å². The molecule has 238 valence electrons. The smallest absolute Gasteiger partial charge is 0.344 e. The second kappa shape index (κ2) is 16.4. The molecule has 0 bridgehead atoms. The fourth-order valence-corrected chi connectivity index (χ4v) is 4.59. The number of aliphatic hydroxyl groups excluding tert-OH is 1. The first-order valence-corrected chi connectivity index (χ1v) is 14.3. The standard InChI is InChI=1S/C29H35BrN4O10/c1-6-41-21-11-17(26-25(28(37)40-5)16(3)32-29(38)33-26)8-9-20(21)43-14-23(35)34-31-13-18-10-19(30)12-22(39-4)27(18)44-15-24(36)42-7-2/h8-13,23,26,34-35H,6-7,14-15H2,1-5H3,(H2,32,33,38)/b31-13+/t23-,26-/m1/s1. The van der Waals surface area contributed by atoms with Crippen LogP contribution in [0.3, 0.4) is 0 Å². The Hall–Kier alpha value is -4.50. The molecular weight excluding hydrogens is 644 g/mol. The molecule has 14 nitrogen and oxygen atoms in total. The molecule has 0 unspecified atom stereocenters. The van der Waals surface area contributed by atoms with Crippen molar-refractivity contribution in [3.63, 3.8) is 0 Å². The van der Waals surface area contributed by atoms with Gasteiger partial charge in [-0.1, -0.05) is 22.0 Å². The molecule has 2 atom stereocenters. The Labute approximate surface area is 262 Å². The van der Waals surface area contributed by atoms with Crippen molar-refractivity contribution < 1.29 is 47.9 Å². The highest BCUT2D eigenvalue weighted by Gasteiger charge is 2.32. The summed E-state index contributed by atoms with van der Waals surface area (Å²) in [5, 5.41) is 19.9. The van der Waals surface area contributed by atoms with Crippen molar-refractivity contribution in [3.8, 4) is 23.0 Å². The third-order valence-electron chi connectivity index (χ3n) is 6.01. The normalized spacial score (nSPS) is 15.2. The van der Waals surface area contributed by atoms with Crippen molar-refractivity contribution in [2.24, 2.45) is 5.10 Å². The van der Waals surface area contributed by atoms with Crippen LogP contribution in [-0.4, -0.2) is 76.2 Å². The number of methoxy groups -OCH3 is 2. The fourth-order valence-electron chi connectivity index (χ4n) is 4.14. The second-order valence-corrected chi connectivity index (χ2v) is 9.95. The molecule has 2 aromatic carbocycles. The van der Waals surface area contributed by atoms with Crippen LogP contribution in [0.25, 0.3) is 0 Å². The van der Waals surface area contributed by atoms with Crippen LogP contribution in [0.4, 0.5) is 4.79 Å². The lowest BCUT2D eigenvalue weighted by molar-refractivity contribution is -0.145. The summed E-state index contributed by atoms with van der Waals surface area (Å²) >= 11 is 3.39. The number of esters is 2. The number of aliphatic hydroxyl groups is 1. The van der Waals surface area contributed by atoms with E-state index >= 15 is 0 Å². The van der Waals surface area contributed by atoms with Crippen LogP contribution in [0.2, 0.25) is 0 Å². The van der Waals surface area contributed by atoms with E-state index in [1.54, 1.807) is 51.1 Å². The molecule has 0 spiro atoms. The van der Waals surface area contributed by atoms with E-state index in [-0.39, 0.29) is 31.1 Å². The average molecular weight is 680 g/mol. The monoisotopic (exact) mass is 678 g/mol. The van der Waals surface area contributed by atoms with Gasteiger partial charge >= 0.3 is 18.0 Å². The number of carbonyl (C=O) groups is 3. The minimum atomic E-state index is -1.24. The maximum atomic E-state index is 12.4. The van der Waals surface area contributed by atoms with Crippen molar-refractivity contribution in [3.05, 3.63) is 57.2 Å². The van der Waals surface area contributed by atoms with Gasteiger partial charge in [0.15, 0.2) is 35.8 Å². The number of hydrazone groups is 1. The summed E-state index contributed by atoms with van der Waals surface area (Å²) in [6.07, 6.45) is 0.151. The van der Waals surface area contributed by atoms with Gasteiger partial charge in [-0.15, -0.1) is 0 Å². The van der Waals surface area contributed by atoms with E-state index in [1.165, 1.54) is 20.4 Å². The summed E-state index contributed by atoms with van der Waals surface area (Å²) < 4.78 is 33.0. The fraction of sp³-hybridized carbons (Fsp3) is 0.379. The molecular formula is C29H35BrN4O10. The van der Waals surface area contributed by atoms with Gasteiger partial charge in [-0.25, -0.2) is 14.4 Å². The number of amides is 2. The predicted molar refractivity (Wildman–Crippen MR) is 162 cm³/mol. The van der Waals surface area contributed by atoms with Crippen LogP contribution >= 0.6 is 15.9 Å². The van der Waals surface area contributed by atoms with Crippen LogP contribution in [0.5, 0.6) is 23.0 Å². The van der Waals surface area contributed by atoms with Gasteiger partial charge < -0.3 is 44.2 Å². The van der Waals surface area contributed by atoms with Gasteiger partial charge in [-0.3, -0.25) is 5.43 Å². The van der Waals surface area contributed by atoms with Crippen molar-refractivity contribution in [2.45, 2.75) is 33.0 Å². The molecule has 0 aromatic heterocycles. The van der Waals surface area contributed by atoms with E-state index in [4.69, 9.17) is 28.4 Å². The minimum Gasteiger partial charge on any atom is -0.493 e. The van der Waals surface area contributed by atoms with Crippen molar-refractivity contribution >= 4 is 40.1 Å². The molecule has 0 aliphatic carbocycles. The van der Waals surface area contributed by atoms with Crippen molar-refractivity contribution in [2.75, 3.05) is 40.6 Å². The maximum absolute atomic E-state index is 12.4. The summed E-state index contributed by atoms with van der Waals surface area (Å²) in [5.41, 5.74) is 4.20. The highest BCUT2D eigenvalue weighted by atomic mass is 79.9. The molecule has 4 N–H and O–H groups in total. The number of nitrogens with one attached hydrogen (secondary N) is 3. The highest BCUT2D eigenvalue weighted by Crippen LogP contribution is 2.36. The summed E-state index contributed by atoms with van der Waals surface area (Å²) in [5.74, 6) is 0.127. The third-order valence-corrected chi connectivity index (χ3v) is 6.47. The molecule has 0 saturated heterocycles. The molecule has 2 aromatic rings. The molecule has 44 heavy (non-hydrogen) atoms. The highest BCUT2D eigenvalue weighted by molar-refractivity contribution is 9.10. The molecule has 1 aliphatic heterocycles. The number of ether oxygens (including phenoxy) is 6. The van der Waals surface area contributed by atoms with E-state index in [0.29, 0.717) is 45.2 Å². The number of benzene rings is 2. The summed E-state index contributed by atoms with van der Waals surface area (Å²) in [7, 11) is 2.72. The molecule has 0 fully saturated rings. The zero-order chi connectivity index (χ0) is 32.2. The first kappa shape index (κ1) is 34.0. The Bertz CT molecular complexity index is 1410. The number of allylic oxidation sites excluding steroid dienone is 1. The lowest BCUT2D eigenvalue weighted by atomic mass is 9.95. The topological polar surface area (TPSA) is 175 Å². The zero-order valence-electron chi connectivity index (χ0n) is 24.9. The zero-order valence-corrected chi connectivity index (χ0v) is 26.5. The summed E-state index contributed by atoms with van der Waals surface area (Å²) in [4.78, 5) is 36.4. The van der Waals surface area contributed by atoms with Crippen LogP contribution in [0.1, 0.15) is 37.9 Å². The van der Waals surface area contributed by atoms with E-state index in [0.717, 1.165) is 0 Å². The van der Waals surface area contributed by atoms with Crippen molar-refractivity contribution in [1.29, 1.82) is 0 Å². The predicted octanol–water partition coefficient (Wildman–Crippen LogP) is 2.92.